The van der Waals surface area contributed by atoms with Crippen molar-refractivity contribution in [1.82, 2.24) is 14.9 Å². The van der Waals surface area contributed by atoms with Gasteiger partial charge in [0.2, 0.25) is 5.88 Å². The number of hydrogen-bond donors (Lipinski definition) is 1. The van der Waals surface area contributed by atoms with Crippen molar-refractivity contribution >= 4 is 10.9 Å². The first-order chi connectivity index (χ1) is 12.3. The Labute approximate surface area is 147 Å². The molecule has 3 aliphatic heterocycles. The first-order valence-corrected chi connectivity index (χ1v) is 9.22. The molecule has 0 radical (unpaired) electrons. The molecule has 0 amide bonds. The van der Waals surface area contributed by atoms with Crippen molar-refractivity contribution in [2.24, 2.45) is 5.92 Å². The second-order valence-electron chi connectivity index (χ2n) is 7.36. The van der Waals surface area contributed by atoms with Gasteiger partial charge in [-0.1, -0.05) is 6.07 Å². The molecule has 128 valence electrons. The molecule has 2 aromatic heterocycles. The molecule has 4 nitrogen and oxygen atoms in total. The normalized spacial score (nSPS) is 28.4. The van der Waals surface area contributed by atoms with Crippen LogP contribution in [0.5, 0.6) is 5.88 Å². The van der Waals surface area contributed by atoms with Crippen LogP contribution in [0, 0.1) is 5.92 Å². The smallest absolute Gasteiger partial charge is 0.213 e. The molecule has 1 N–H and O–H groups in total. The molecular weight excluding hydrogens is 310 g/mol. The molecule has 3 saturated heterocycles. The molecule has 3 aromatic rings. The summed E-state index contributed by atoms with van der Waals surface area (Å²) in [7, 11) is 0. The lowest BCUT2D eigenvalue weighted by Crippen LogP contribution is -2.58. The summed E-state index contributed by atoms with van der Waals surface area (Å²) in [4.78, 5) is 10.4. The minimum atomic E-state index is 0.275. The predicted octanol–water partition coefficient (Wildman–Crippen LogP) is 4.09. The molecule has 5 heterocycles. The van der Waals surface area contributed by atoms with Crippen molar-refractivity contribution in [1.29, 1.82) is 0 Å². The van der Waals surface area contributed by atoms with Crippen LogP contribution in [0.25, 0.3) is 22.0 Å². The Balaban J connectivity index is 1.36. The number of rotatable bonds is 3. The van der Waals surface area contributed by atoms with E-state index < -0.39 is 0 Å². The van der Waals surface area contributed by atoms with Gasteiger partial charge in [-0.15, -0.1) is 0 Å². The third kappa shape index (κ3) is 2.61. The van der Waals surface area contributed by atoms with Gasteiger partial charge in [0, 0.05) is 35.6 Å². The van der Waals surface area contributed by atoms with Gasteiger partial charge >= 0.3 is 0 Å². The quantitative estimate of drug-likeness (QED) is 0.785. The summed E-state index contributed by atoms with van der Waals surface area (Å²) in [6.45, 7) is 4.73. The van der Waals surface area contributed by atoms with E-state index in [-0.39, 0.29) is 6.10 Å². The molecule has 0 spiro atoms. The van der Waals surface area contributed by atoms with Crippen LogP contribution in [0.2, 0.25) is 0 Å². The average molecular weight is 333 g/mol. The Morgan fingerprint density at radius 1 is 1.08 bits per heavy atom. The van der Waals surface area contributed by atoms with E-state index in [1.807, 2.05) is 18.5 Å². The van der Waals surface area contributed by atoms with Gasteiger partial charge in [0.15, 0.2) is 0 Å². The van der Waals surface area contributed by atoms with E-state index in [2.05, 4.69) is 52.1 Å². The maximum Gasteiger partial charge on any atom is 0.213 e. The number of fused-ring (bicyclic) bond motifs is 4. The molecule has 4 heteroatoms. The topological polar surface area (TPSA) is 41.1 Å². The van der Waals surface area contributed by atoms with E-state index >= 15 is 0 Å². The summed E-state index contributed by atoms with van der Waals surface area (Å²) in [6, 6.07) is 13.2. The summed E-state index contributed by atoms with van der Waals surface area (Å²) < 4.78 is 6.29. The molecule has 0 saturated carbocycles. The van der Waals surface area contributed by atoms with Crippen LogP contribution in [0.1, 0.15) is 19.8 Å². The van der Waals surface area contributed by atoms with E-state index in [0.717, 1.165) is 17.0 Å². The fraction of sp³-hybridized carbons (Fsp3) is 0.381. The van der Waals surface area contributed by atoms with Crippen LogP contribution in [0.3, 0.4) is 0 Å². The van der Waals surface area contributed by atoms with Crippen molar-refractivity contribution in [3.63, 3.8) is 0 Å². The van der Waals surface area contributed by atoms with Gasteiger partial charge in [-0.3, -0.25) is 4.90 Å². The number of hydrogen-bond acceptors (Lipinski definition) is 3. The summed E-state index contributed by atoms with van der Waals surface area (Å²) >= 11 is 0. The molecule has 25 heavy (non-hydrogen) atoms. The molecule has 3 aliphatic rings. The zero-order valence-electron chi connectivity index (χ0n) is 14.5. The fourth-order valence-electron chi connectivity index (χ4n) is 4.44. The highest BCUT2D eigenvalue weighted by atomic mass is 16.5. The van der Waals surface area contributed by atoms with Crippen LogP contribution in [0.15, 0.2) is 48.8 Å². The van der Waals surface area contributed by atoms with E-state index in [4.69, 9.17) is 4.74 Å². The lowest BCUT2D eigenvalue weighted by Gasteiger charge is -2.49. The first kappa shape index (κ1) is 15.0. The Bertz CT molecular complexity index is 876. The van der Waals surface area contributed by atoms with Gasteiger partial charge in [-0.25, -0.2) is 4.98 Å². The Hall–Kier alpha value is -2.33. The van der Waals surface area contributed by atoms with Crippen LogP contribution < -0.4 is 4.74 Å². The summed E-state index contributed by atoms with van der Waals surface area (Å²) in [6.07, 6.45) is 6.68. The largest absolute Gasteiger partial charge is 0.472 e. The number of ether oxygens (including phenoxy) is 1. The van der Waals surface area contributed by atoms with E-state index in [1.165, 1.54) is 36.9 Å². The molecule has 0 aliphatic carbocycles. The zero-order chi connectivity index (χ0) is 16.8. The van der Waals surface area contributed by atoms with Gasteiger partial charge < -0.3 is 9.72 Å². The van der Waals surface area contributed by atoms with Gasteiger partial charge in [-0.2, -0.15) is 0 Å². The van der Waals surface area contributed by atoms with E-state index in [9.17, 15) is 0 Å². The standard InChI is InChI=1S/C21H23N3O/c1-14-21(15-7-10-24(14)11-8-15)25-20-5-3-18(13-23-20)16-2-4-19-17(12-16)6-9-22-19/h2-6,9,12-15,21-22H,7-8,10-11H2,1H3/t14-,21+/m0/s1. The summed E-state index contributed by atoms with van der Waals surface area (Å²) in [5.74, 6) is 1.43. The number of aromatic nitrogens is 2. The van der Waals surface area contributed by atoms with Gasteiger partial charge in [0.05, 0.1) is 0 Å². The number of aromatic amines is 1. The van der Waals surface area contributed by atoms with E-state index in [1.54, 1.807) is 0 Å². The lowest BCUT2D eigenvalue weighted by molar-refractivity contribution is -0.0525. The molecule has 2 atom stereocenters. The van der Waals surface area contributed by atoms with Crippen molar-refractivity contribution in [2.75, 3.05) is 13.1 Å². The van der Waals surface area contributed by atoms with Crippen molar-refractivity contribution < 1.29 is 4.74 Å². The third-order valence-electron chi connectivity index (χ3n) is 5.97. The molecule has 0 unspecified atom stereocenters. The number of nitrogens with zero attached hydrogens (tertiary/aromatic N) is 2. The molecular formula is C21H23N3O. The summed E-state index contributed by atoms with van der Waals surface area (Å²) in [5.41, 5.74) is 3.47. The number of pyridine rings is 1. The van der Waals surface area contributed by atoms with Crippen molar-refractivity contribution in [3.05, 3.63) is 48.8 Å². The van der Waals surface area contributed by atoms with Crippen LogP contribution >= 0.6 is 0 Å². The Morgan fingerprint density at radius 3 is 2.68 bits per heavy atom. The van der Waals surface area contributed by atoms with Gasteiger partial charge in [-0.05, 0) is 74.0 Å². The monoisotopic (exact) mass is 333 g/mol. The van der Waals surface area contributed by atoms with Crippen LogP contribution in [0.4, 0.5) is 0 Å². The maximum atomic E-state index is 6.29. The number of H-pyrrole nitrogens is 1. The molecule has 2 bridgehead atoms. The molecule has 6 rings (SSSR count). The average Bonchev–Trinajstić information content (AvgIpc) is 3.13. The highest BCUT2D eigenvalue weighted by Gasteiger charge is 2.41. The number of benzene rings is 1. The third-order valence-corrected chi connectivity index (χ3v) is 5.97. The molecule has 1 aromatic carbocycles. The zero-order valence-corrected chi connectivity index (χ0v) is 14.5. The predicted molar refractivity (Wildman–Crippen MR) is 99.7 cm³/mol. The lowest BCUT2D eigenvalue weighted by atomic mass is 9.81. The SMILES string of the molecule is C[C@H]1[C@@H](Oc2ccc(-c3ccc4[nH]ccc4c3)cn2)C2CCN1CC2. The highest BCUT2D eigenvalue weighted by molar-refractivity contribution is 5.84. The minimum absolute atomic E-state index is 0.275. The van der Waals surface area contributed by atoms with Gasteiger partial charge in [0.25, 0.3) is 0 Å². The summed E-state index contributed by atoms with van der Waals surface area (Å²) in [5, 5.41) is 1.22. The van der Waals surface area contributed by atoms with Gasteiger partial charge in [0.1, 0.15) is 6.10 Å². The van der Waals surface area contributed by atoms with Crippen molar-refractivity contribution in [2.45, 2.75) is 31.9 Å². The Morgan fingerprint density at radius 2 is 1.92 bits per heavy atom. The van der Waals surface area contributed by atoms with E-state index in [0.29, 0.717) is 12.0 Å². The fourth-order valence-corrected chi connectivity index (χ4v) is 4.44. The van der Waals surface area contributed by atoms with Crippen LogP contribution in [-0.2, 0) is 0 Å². The maximum absolute atomic E-state index is 6.29. The highest BCUT2D eigenvalue weighted by Crippen LogP contribution is 2.34. The second-order valence-corrected chi connectivity index (χ2v) is 7.36. The van der Waals surface area contributed by atoms with Crippen LogP contribution in [-0.4, -0.2) is 40.1 Å². The minimum Gasteiger partial charge on any atom is -0.472 e. The van der Waals surface area contributed by atoms with Crippen molar-refractivity contribution in [3.8, 4) is 17.0 Å². The first-order valence-electron chi connectivity index (χ1n) is 9.22. The second kappa shape index (κ2) is 5.88. The Kier molecular flexibility index (Phi) is 3.52. The molecule has 3 fully saturated rings. The number of nitrogens with one attached hydrogen (secondary N) is 1. The number of piperidine rings is 3.